The molecule has 0 aliphatic carbocycles. The number of allylic oxidation sites excluding steroid dienone is 1. The number of cyclic esters (lactones) is 1. The Balaban J connectivity index is 1.64. The molecule has 0 radical (unpaired) electrons. The Morgan fingerprint density at radius 1 is 1.19 bits per heavy atom. The first-order chi connectivity index (χ1) is 12.7. The molecule has 2 rings (SSSR count). The van der Waals surface area contributed by atoms with Crippen molar-refractivity contribution in [2.24, 2.45) is 0 Å². The first-order valence-electron chi connectivity index (χ1n) is 9.90. The van der Waals surface area contributed by atoms with Gasteiger partial charge in [-0.1, -0.05) is 75.4 Å². The smallest absolute Gasteiger partial charge is 0.334 e. The van der Waals surface area contributed by atoms with Crippen molar-refractivity contribution < 1.29 is 19.4 Å². The molecule has 1 aliphatic heterocycles. The summed E-state index contributed by atoms with van der Waals surface area (Å²) in [5.74, 6) is -0.289. The topological polar surface area (TPSA) is 55.8 Å². The zero-order chi connectivity index (χ0) is 18.6. The van der Waals surface area contributed by atoms with Crippen LogP contribution in [0.4, 0.5) is 0 Å². The Morgan fingerprint density at radius 2 is 1.92 bits per heavy atom. The highest BCUT2D eigenvalue weighted by molar-refractivity contribution is 5.90. The van der Waals surface area contributed by atoms with Crippen molar-refractivity contribution in [3.05, 3.63) is 47.5 Å². The molecule has 1 aromatic carbocycles. The van der Waals surface area contributed by atoms with Crippen LogP contribution in [0, 0.1) is 0 Å². The van der Waals surface area contributed by atoms with Crippen LogP contribution in [0.25, 0.3) is 0 Å². The number of aliphatic hydroxyl groups excluding tert-OH is 1. The van der Waals surface area contributed by atoms with Gasteiger partial charge < -0.3 is 14.6 Å². The Hall–Kier alpha value is -1.65. The van der Waals surface area contributed by atoms with Gasteiger partial charge in [0.2, 0.25) is 0 Å². The van der Waals surface area contributed by atoms with E-state index in [1.54, 1.807) is 0 Å². The van der Waals surface area contributed by atoms with Gasteiger partial charge in [-0.2, -0.15) is 0 Å². The van der Waals surface area contributed by atoms with E-state index >= 15 is 0 Å². The van der Waals surface area contributed by atoms with Gasteiger partial charge in [0.15, 0.2) is 0 Å². The quantitative estimate of drug-likeness (QED) is 0.337. The fourth-order valence-electron chi connectivity index (χ4n) is 3.12. The molecule has 144 valence electrons. The summed E-state index contributed by atoms with van der Waals surface area (Å²) in [7, 11) is 0. The molecule has 0 saturated carbocycles. The molecule has 4 heteroatoms. The molecule has 0 aromatic heterocycles. The standard InChI is InChI=1S/C22H32O4/c1-2-3-4-5-6-7-11-14-19-15-21(26-22(19)24)20(23)17-25-16-18-12-9-8-10-13-18/h8-10,12-14,20-21,23H,2-7,11,15-17H2,1H3/b19-14+/t20-,21-/m0/s1. The van der Waals surface area contributed by atoms with E-state index in [0.29, 0.717) is 18.6 Å². The molecular weight excluding hydrogens is 328 g/mol. The summed E-state index contributed by atoms with van der Waals surface area (Å²) in [6.07, 6.45) is 9.53. The van der Waals surface area contributed by atoms with Crippen LogP contribution in [0.5, 0.6) is 0 Å². The molecule has 1 fully saturated rings. The average Bonchev–Trinajstić information content (AvgIpc) is 3.03. The van der Waals surface area contributed by atoms with E-state index in [9.17, 15) is 9.90 Å². The number of carbonyl (C=O) groups excluding carboxylic acids is 1. The van der Waals surface area contributed by atoms with Crippen LogP contribution in [0.1, 0.15) is 63.9 Å². The molecule has 1 aromatic rings. The molecule has 26 heavy (non-hydrogen) atoms. The van der Waals surface area contributed by atoms with Crippen LogP contribution < -0.4 is 0 Å². The summed E-state index contributed by atoms with van der Waals surface area (Å²) >= 11 is 0. The lowest BCUT2D eigenvalue weighted by atomic mass is 10.0. The largest absolute Gasteiger partial charge is 0.456 e. The van der Waals surface area contributed by atoms with Crippen molar-refractivity contribution in [2.45, 2.75) is 77.1 Å². The van der Waals surface area contributed by atoms with Crippen molar-refractivity contribution >= 4 is 5.97 Å². The average molecular weight is 360 g/mol. The number of hydrogen-bond acceptors (Lipinski definition) is 4. The van der Waals surface area contributed by atoms with Gasteiger partial charge in [0.1, 0.15) is 12.2 Å². The van der Waals surface area contributed by atoms with Gasteiger partial charge in [0, 0.05) is 12.0 Å². The lowest BCUT2D eigenvalue weighted by Crippen LogP contribution is -2.30. The molecule has 0 unspecified atom stereocenters. The number of carbonyl (C=O) groups is 1. The summed E-state index contributed by atoms with van der Waals surface area (Å²) in [6.45, 7) is 2.82. The number of rotatable bonds is 12. The van der Waals surface area contributed by atoms with E-state index in [1.807, 2.05) is 36.4 Å². The summed E-state index contributed by atoms with van der Waals surface area (Å²) < 4.78 is 10.9. The van der Waals surface area contributed by atoms with E-state index in [1.165, 1.54) is 32.1 Å². The molecule has 1 N–H and O–H groups in total. The highest BCUT2D eigenvalue weighted by atomic mass is 16.6. The van der Waals surface area contributed by atoms with Crippen molar-refractivity contribution in [3.8, 4) is 0 Å². The van der Waals surface area contributed by atoms with Crippen LogP contribution in [0.3, 0.4) is 0 Å². The van der Waals surface area contributed by atoms with E-state index in [2.05, 4.69) is 6.92 Å². The van der Waals surface area contributed by atoms with Crippen molar-refractivity contribution in [1.82, 2.24) is 0 Å². The summed E-state index contributed by atoms with van der Waals surface area (Å²) in [5, 5.41) is 10.2. The van der Waals surface area contributed by atoms with Gasteiger partial charge in [-0.05, 0) is 18.4 Å². The van der Waals surface area contributed by atoms with Gasteiger partial charge in [0.25, 0.3) is 0 Å². The van der Waals surface area contributed by atoms with Crippen molar-refractivity contribution in [1.29, 1.82) is 0 Å². The lowest BCUT2D eigenvalue weighted by molar-refractivity contribution is -0.145. The van der Waals surface area contributed by atoms with E-state index in [0.717, 1.165) is 18.4 Å². The molecule has 1 heterocycles. The number of unbranched alkanes of at least 4 members (excludes halogenated alkanes) is 6. The van der Waals surface area contributed by atoms with E-state index in [-0.39, 0.29) is 12.6 Å². The van der Waals surface area contributed by atoms with Crippen LogP contribution in [-0.2, 0) is 20.9 Å². The Bertz CT molecular complexity index is 553. The number of benzene rings is 1. The van der Waals surface area contributed by atoms with Crippen molar-refractivity contribution in [2.75, 3.05) is 6.61 Å². The molecule has 0 spiro atoms. The number of hydrogen-bond donors (Lipinski definition) is 1. The molecule has 0 amide bonds. The third kappa shape index (κ3) is 7.30. The summed E-state index contributed by atoms with van der Waals surface area (Å²) in [5.41, 5.74) is 1.76. The highest BCUT2D eigenvalue weighted by Crippen LogP contribution is 2.24. The molecule has 2 atom stereocenters. The second-order valence-corrected chi connectivity index (χ2v) is 7.00. The summed E-state index contributed by atoms with van der Waals surface area (Å²) in [4.78, 5) is 11.9. The Morgan fingerprint density at radius 3 is 2.69 bits per heavy atom. The van der Waals surface area contributed by atoms with Gasteiger partial charge in [-0.25, -0.2) is 4.79 Å². The predicted molar refractivity (Wildman–Crippen MR) is 103 cm³/mol. The molecular formula is C22H32O4. The fourth-order valence-corrected chi connectivity index (χ4v) is 3.12. The first kappa shape index (κ1) is 20.7. The van der Waals surface area contributed by atoms with Gasteiger partial charge >= 0.3 is 5.97 Å². The van der Waals surface area contributed by atoms with E-state index < -0.39 is 12.2 Å². The zero-order valence-corrected chi connectivity index (χ0v) is 15.9. The highest BCUT2D eigenvalue weighted by Gasteiger charge is 2.33. The van der Waals surface area contributed by atoms with Crippen LogP contribution in [0.15, 0.2) is 42.0 Å². The molecule has 0 bridgehead atoms. The minimum absolute atomic E-state index is 0.164. The molecule has 4 nitrogen and oxygen atoms in total. The number of esters is 1. The van der Waals surface area contributed by atoms with Gasteiger partial charge in [0.05, 0.1) is 13.2 Å². The van der Waals surface area contributed by atoms with Crippen molar-refractivity contribution in [3.63, 3.8) is 0 Å². The zero-order valence-electron chi connectivity index (χ0n) is 15.9. The monoisotopic (exact) mass is 360 g/mol. The van der Waals surface area contributed by atoms with Gasteiger partial charge in [-0.3, -0.25) is 0 Å². The third-order valence-electron chi connectivity index (χ3n) is 4.72. The molecule has 1 saturated heterocycles. The van der Waals surface area contributed by atoms with Crippen LogP contribution in [0.2, 0.25) is 0 Å². The maximum Gasteiger partial charge on any atom is 0.334 e. The second kappa shape index (κ2) is 11.9. The fraction of sp³-hybridized carbons (Fsp3) is 0.591. The van der Waals surface area contributed by atoms with E-state index in [4.69, 9.17) is 9.47 Å². The lowest BCUT2D eigenvalue weighted by Gasteiger charge is -2.16. The maximum atomic E-state index is 11.9. The predicted octanol–water partition coefficient (Wildman–Crippen LogP) is 4.56. The Kier molecular flexibility index (Phi) is 9.43. The first-order valence-corrected chi connectivity index (χ1v) is 9.90. The second-order valence-electron chi connectivity index (χ2n) is 7.00. The number of aliphatic hydroxyl groups is 1. The third-order valence-corrected chi connectivity index (χ3v) is 4.72. The van der Waals surface area contributed by atoms with Crippen LogP contribution in [-0.4, -0.2) is 29.9 Å². The minimum atomic E-state index is -0.789. The summed E-state index contributed by atoms with van der Waals surface area (Å²) in [6, 6.07) is 9.81. The molecule has 1 aliphatic rings. The maximum absolute atomic E-state index is 11.9. The van der Waals surface area contributed by atoms with Gasteiger partial charge in [-0.15, -0.1) is 0 Å². The van der Waals surface area contributed by atoms with Crippen LogP contribution >= 0.6 is 0 Å². The SMILES string of the molecule is CCCCCCCC/C=C1\C[C@@H]([C@@H](O)COCc2ccccc2)OC1=O. The number of ether oxygens (including phenoxy) is 2. The minimum Gasteiger partial charge on any atom is -0.456 e. The normalized spacial score (nSPS) is 19.7. The Labute approximate surface area is 157 Å².